The molecular weight excluding hydrogens is 890 g/mol. The first-order valence-electron chi connectivity index (χ1n) is 21.8. The zero-order valence-corrected chi connectivity index (χ0v) is 40.7. The number of piperidine rings is 1. The normalized spacial score (nSPS) is 24.7. The Morgan fingerprint density at radius 1 is 0.814 bits per heavy atom. The Labute approximate surface area is 400 Å². The minimum Gasteiger partial charge on any atom is -1.00 e. The zero-order chi connectivity index (χ0) is 42.1. The van der Waals surface area contributed by atoms with Crippen LogP contribution in [-0.4, -0.2) is 212 Å². The van der Waals surface area contributed by atoms with Crippen molar-refractivity contribution in [3.05, 3.63) is 35.9 Å². The summed E-state index contributed by atoms with van der Waals surface area (Å²) in [5.74, 6) is -0.263. The average molecular weight is 975 g/mol. The molecule has 3 unspecified atom stereocenters. The van der Waals surface area contributed by atoms with Crippen molar-refractivity contribution in [3.8, 4) is 0 Å². The largest absolute Gasteiger partial charge is 1.00 e. The second kappa shape index (κ2) is 40.7. The molecule has 0 saturated carbocycles. The maximum atomic E-state index is 11.5. The summed E-state index contributed by atoms with van der Waals surface area (Å²) in [5, 5.41) is 12.8. The summed E-state index contributed by atoms with van der Waals surface area (Å²) in [5.41, 5.74) is 1.32. The van der Waals surface area contributed by atoms with Crippen LogP contribution in [0.1, 0.15) is 73.7 Å². The van der Waals surface area contributed by atoms with Gasteiger partial charge in [-0.1, -0.05) is 94.9 Å². The number of hydrogen-bond donors (Lipinski definition) is 2. The van der Waals surface area contributed by atoms with E-state index in [4.69, 9.17) is 14.6 Å². The predicted octanol–water partition coefficient (Wildman–Crippen LogP) is 1.07. The van der Waals surface area contributed by atoms with Gasteiger partial charge in [0.2, 0.25) is 0 Å². The number of nitrogens with one attached hydrogen (secondary N) is 1. The summed E-state index contributed by atoms with van der Waals surface area (Å²) in [6.07, 6.45) is 6.77. The van der Waals surface area contributed by atoms with Gasteiger partial charge < -0.3 is 31.0 Å². The van der Waals surface area contributed by atoms with E-state index in [2.05, 4.69) is 106 Å². The molecule has 0 amide bonds. The summed E-state index contributed by atoms with van der Waals surface area (Å²) in [6.45, 7) is 32.5. The molecular formula is C43H84AlBr2LiN6O6. The van der Waals surface area contributed by atoms with Crippen LogP contribution in [0.5, 0.6) is 0 Å². The fourth-order valence-corrected chi connectivity index (χ4v) is 7.19. The number of fused-ring (bicyclic) bond motifs is 6. The molecule has 3 atom stereocenters. The van der Waals surface area contributed by atoms with E-state index in [1.165, 1.54) is 83.5 Å². The second-order valence-corrected chi connectivity index (χ2v) is 16.3. The molecule has 8 saturated heterocycles. The number of ether oxygens (including phenoxy) is 3. The standard InChI is InChI=1S/C9H16N2O2.C7H14N2O.C7H8.C6H15N.C5H8Br2O2.C5H11N.C4H8O.Al.Li.4H/c1-2-13-9(12)8-7-10-3-5-11(8)6-4-10;10-6-7-5-8-1-3-9(7)4-2-8;1-7-5-3-2-4-6-7;1-4-7(5-2)6-3;1-2-9-5(8)4(7)3-6;1-2-4-6-5-3-1;1-2-4-5-3-1;;;;;;/h8H,2-7H2,1H3;7,10H,1-6H2;2-6H,1H3;4-6H2,1-3H3;4H,2-3H2,1H3;6H,1-5H2;1-4H2;;;;;;/q;;;;;;;;+1;;;;-1. The molecule has 1 aromatic carbocycles. The Kier molecular flexibility index (Phi) is 42.1. The van der Waals surface area contributed by atoms with E-state index in [9.17, 15) is 9.59 Å². The molecule has 9 rings (SSSR count). The Hall–Kier alpha value is -0.0701. The predicted molar refractivity (Wildman–Crippen MR) is 253 cm³/mol. The third-order valence-electron chi connectivity index (χ3n) is 10.4. The van der Waals surface area contributed by atoms with E-state index < -0.39 is 0 Å². The summed E-state index contributed by atoms with van der Waals surface area (Å²) in [7, 11) is 0. The van der Waals surface area contributed by atoms with E-state index in [1.807, 2.05) is 25.1 Å². The second-order valence-electron chi connectivity index (χ2n) is 14.6. The first kappa shape index (κ1) is 61.0. The molecule has 16 heteroatoms. The maximum absolute atomic E-state index is 11.5. The molecule has 8 aliphatic heterocycles. The summed E-state index contributed by atoms with van der Waals surface area (Å²) in [6, 6.07) is 10.7. The number of halogens is 2. The van der Waals surface area contributed by atoms with E-state index in [0.29, 0.717) is 31.2 Å². The Morgan fingerprint density at radius 3 is 1.58 bits per heavy atom. The van der Waals surface area contributed by atoms with Gasteiger partial charge in [0.05, 0.1) is 19.8 Å². The number of hydrogen-bond acceptors (Lipinski definition) is 12. The van der Waals surface area contributed by atoms with Gasteiger partial charge in [0, 0.05) is 90.0 Å². The number of carbonyl (C=O) groups is 2. The molecule has 0 aliphatic carbocycles. The molecule has 0 radical (unpaired) electrons. The van der Waals surface area contributed by atoms with Gasteiger partial charge >= 0.3 is 30.8 Å². The third kappa shape index (κ3) is 29.1. The molecule has 4 bridgehead atoms. The van der Waals surface area contributed by atoms with Crippen molar-refractivity contribution in [2.24, 2.45) is 0 Å². The Morgan fingerprint density at radius 2 is 1.32 bits per heavy atom. The zero-order valence-electron chi connectivity index (χ0n) is 38.5. The van der Waals surface area contributed by atoms with Crippen LogP contribution in [-0.2, 0) is 23.8 Å². The van der Waals surface area contributed by atoms with E-state index in [0.717, 1.165) is 65.6 Å². The first-order valence-corrected chi connectivity index (χ1v) is 23.8. The number of alkyl halides is 2. The molecule has 8 fully saturated rings. The molecule has 0 aromatic heterocycles. The molecule has 1 aromatic rings. The number of nitrogens with zero attached hydrogens (tertiary/aromatic N) is 5. The summed E-state index contributed by atoms with van der Waals surface area (Å²) < 4.78 is 14.6. The molecule has 8 aliphatic rings. The Balaban J connectivity index is -0.000000640. The van der Waals surface area contributed by atoms with E-state index >= 15 is 0 Å². The van der Waals surface area contributed by atoms with E-state index in [1.54, 1.807) is 6.92 Å². The van der Waals surface area contributed by atoms with Gasteiger partial charge in [0.15, 0.2) is 17.4 Å². The molecule has 2 N–H and O–H groups in total. The van der Waals surface area contributed by atoms with Crippen LogP contribution in [0.15, 0.2) is 30.3 Å². The van der Waals surface area contributed by atoms with Gasteiger partial charge in [0.25, 0.3) is 0 Å². The molecule has 8 heterocycles. The monoisotopic (exact) mass is 972 g/mol. The SMILES string of the molecule is C1CCNCC1.C1CCOC1.CCN(CC)CC.CCOC(=O)C(Br)CBr.CCOC(=O)C1CN2CCN1CC2.Cc1ccccc1.OCC1CN2CCN1CC2.[AlH3].[H-].[Li+]. The number of aliphatic hydroxyl groups is 1. The van der Waals surface area contributed by atoms with Crippen LogP contribution in [0, 0.1) is 6.92 Å². The molecule has 12 nitrogen and oxygen atoms in total. The van der Waals surface area contributed by atoms with Crippen molar-refractivity contribution < 1.29 is 49.2 Å². The van der Waals surface area contributed by atoms with Gasteiger partial charge in [-0.3, -0.25) is 29.2 Å². The van der Waals surface area contributed by atoms with Crippen molar-refractivity contribution >= 4 is 61.2 Å². The van der Waals surface area contributed by atoms with E-state index in [-0.39, 0.29) is 60.5 Å². The van der Waals surface area contributed by atoms with Crippen LogP contribution in [0.3, 0.4) is 0 Å². The van der Waals surface area contributed by atoms with Gasteiger partial charge in [-0.05, 0) is 79.2 Å². The topological polar surface area (TPSA) is 110 Å². The van der Waals surface area contributed by atoms with Crippen molar-refractivity contribution in [1.29, 1.82) is 0 Å². The van der Waals surface area contributed by atoms with Crippen molar-refractivity contribution in [3.63, 3.8) is 0 Å². The number of benzene rings is 1. The third-order valence-corrected chi connectivity index (χ3v) is 12.6. The number of rotatable bonds is 9. The average Bonchev–Trinajstić information content (AvgIpc) is 3.88. The minimum absolute atomic E-state index is 0. The minimum atomic E-state index is -0.214. The summed E-state index contributed by atoms with van der Waals surface area (Å²) >= 11 is 6.26. The summed E-state index contributed by atoms with van der Waals surface area (Å²) in [4.78, 5) is 33.7. The van der Waals surface area contributed by atoms with Crippen LogP contribution >= 0.6 is 31.9 Å². The number of esters is 2. The van der Waals surface area contributed by atoms with Crippen LogP contribution in [0.4, 0.5) is 0 Å². The smallest absolute Gasteiger partial charge is 1.00 e. The van der Waals surface area contributed by atoms with Gasteiger partial charge in [-0.15, -0.1) is 0 Å². The fourth-order valence-electron chi connectivity index (χ4n) is 6.79. The number of piperazine rings is 6. The maximum Gasteiger partial charge on any atom is 1.00 e. The molecule has 0 spiro atoms. The van der Waals surface area contributed by atoms with Crippen molar-refractivity contribution in [2.45, 2.75) is 90.6 Å². The van der Waals surface area contributed by atoms with Crippen molar-refractivity contribution in [2.75, 3.05) is 137 Å². The van der Waals surface area contributed by atoms with Crippen LogP contribution < -0.4 is 24.2 Å². The Bertz CT molecular complexity index is 1080. The van der Waals surface area contributed by atoms with Gasteiger partial charge in [0.1, 0.15) is 10.9 Å². The first-order chi connectivity index (χ1) is 27.7. The number of aryl methyl sites for hydroxylation is 1. The van der Waals surface area contributed by atoms with Gasteiger partial charge in [-0.2, -0.15) is 0 Å². The number of aliphatic hydroxyl groups excluding tert-OH is 1. The van der Waals surface area contributed by atoms with Crippen molar-refractivity contribution in [1.82, 2.24) is 29.8 Å². The molecule has 340 valence electrons. The van der Waals surface area contributed by atoms with Gasteiger partial charge in [-0.25, -0.2) is 0 Å². The fraction of sp³-hybridized carbons (Fsp3) is 0.814. The van der Waals surface area contributed by atoms with Crippen LogP contribution in [0.2, 0.25) is 0 Å². The number of carbonyl (C=O) groups excluding carboxylic acids is 2. The molecule has 59 heavy (non-hydrogen) atoms. The quantitative estimate of drug-likeness (QED) is 0.210. The van der Waals surface area contributed by atoms with Crippen LogP contribution in [0.25, 0.3) is 0 Å².